The van der Waals surface area contributed by atoms with E-state index in [1.165, 1.54) is 20.7 Å². The van der Waals surface area contributed by atoms with Crippen molar-refractivity contribution in [2.45, 2.75) is 35.9 Å². The first-order valence-corrected chi connectivity index (χ1v) is 9.42. The van der Waals surface area contributed by atoms with Crippen molar-refractivity contribution in [3.05, 3.63) is 17.5 Å². The Kier molecular flexibility index (Phi) is 4.30. The molecule has 1 aromatic rings. The van der Waals surface area contributed by atoms with Crippen molar-refractivity contribution in [1.29, 1.82) is 0 Å². The Morgan fingerprint density at radius 2 is 2.14 bits per heavy atom. The van der Waals surface area contributed by atoms with Crippen molar-refractivity contribution in [2.75, 3.05) is 19.7 Å². The molecule has 1 amide bonds. The lowest BCUT2D eigenvalue weighted by Gasteiger charge is -2.31. The molecule has 6 nitrogen and oxygen atoms in total. The SMILES string of the molecule is O=C([C@@H]1CCCN1S(=O)(=O)c1cccs1)N1CCCCO1. The molecule has 0 aliphatic carbocycles. The summed E-state index contributed by atoms with van der Waals surface area (Å²) in [6.45, 7) is 1.46. The second-order valence-corrected chi connectivity index (χ2v) is 8.25. The van der Waals surface area contributed by atoms with Gasteiger partial charge in [0.1, 0.15) is 10.3 Å². The van der Waals surface area contributed by atoms with Crippen LogP contribution in [0.25, 0.3) is 0 Å². The van der Waals surface area contributed by atoms with Crippen molar-refractivity contribution in [3.63, 3.8) is 0 Å². The molecule has 2 aliphatic heterocycles. The number of nitrogens with zero attached hydrogens (tertiary/aromatic N) is 2. The van der Waals surface area contributed by atoms with Gasteiger partial charge in [0, 0.05) is 13.1 Å². The van der Waals surface area contributed by atoms with Crippen LogP contribution in [0.4, 0.5) is 0 Å². The number of carbonyl (C=O) groups excluding carboxylic acids is 1. The maximum absolute atomic E-state index is 12.6. The first-order valence-electron chi connectivity index (χ1n) is 7.10. The van der Waals surface area contributed by atoms with Gasteiger partial charge in [-0.3, -0.25) is 9.63 Å². The summed E-state index contributed by atoms with van der Waals surface area (Å²) in [5.74, 6) is -0.229. The van der Waals surface area contributed by atoms with E-state index < -0.39 is 16.1 Å². The van der Waals surface area contributed by atoms with Gasteiger partial charge >= 0.3 is 0 Å². The van der Waals surface area contributed by atoms with E-state index >= 15 is 0 Å². The second kappa shape index (κ2) is 6.04. The molecule has 21 heavy (non-hydrogen) atoms. The molecule has 0 N–H and O–H groups in total. The van der Waals surface area contributed by atoms with Crippen molar-refractivity contribution in [1.82, 2.24) is 9.37 Å². The Morgan fingerprint density at radius 3 is 2.81 bits per heavy atom. The van der Waals surface area contributed by atoms with E-state index in [-0.39, 0.29) is 5.91 Å². The van der Waals surface area contributed by atoms with Crippen LogP contribution >= 0.6 is 11.3 Å². The third-order valence-corrected chi connectivity index (χ3v) is 7.08. The number of sulfonamides is 1. The highest BCUT2D eigenvalue weighted by atomic mass is 32.2. The molecule has 0 bridgehead atoms. The average Bonchev–Trinajstić information content (AvgIpc) is 3.19. The molecule has 1 aromatic heterocycles. The summed E-state index contributed by atoms with van der Waals surface area (Å²) in [5.41, 5.74) is 0. The highest BCUT2D eigenvalue weighted by Crippen LogP contribution is 2.29. The van der Waals surface area contributed by atoms with E-state index in [9.17, 15) is 13.2 Å². The lowest BCUT2D eigenvalue weighted by molar-refractivity contribution is -0.200. The van der Waals surface area contributed by atoms with Gasteiger partial charge in [0.2, 0.25) is 0 Å². The predicted octanol–water partition coefficient (Wildman–Crippen LogP) is 1.46. The molecule has 2 aliphatic rings. The minimum absolute atomic E-state index is 0.229. The molecule has 0 spiro atoms. The zero-order valence-corrected chi connectivity index (χ0v) is 13.2. The van der Waals surface area contributed by atoms with Gasteiger partial charge in [0.05, 0.1) is 6.61 Å². The third kappa shape index (κ3) is 2.85. The quantitative estimate of drug-likeness (QED) is 0.841. The molecule has 0 unspecified atom stereocenters. The maximum atomic E-state index is 12.6. The Balaban J connectivity index is 1.81. The Bertz CT molecular complexity index is 594. The summed E-state index contributed by atoms with van der Waals surface area (Å²) in [6.07, 6.45) is 3.10. The van der Waals surface area contributed by atoms with Gasteiger partial charge in [-0.15, -0.1) is 11.3 Å². The summed E-state index contributed by atoms with van der Waals surface area (Å²) in [6, 6.07) is 2.66. The van der Waals surface area contributed by atoms with Gasteiger partial charge in [0.25, 0.3) is 15.9 Å². The summed E-state index contributed by atoms with van der Waals surface area (Å²) in [4.78, 5) is 17.9. The van der Waals surface area contributed by atoms with Crippen LogP contribution in [-0.4, -0.2) is 49.4 Å². The van der Waals surface area contributed by atoms with Crippen molar-refractivity contribution >= 4 is 27.3 Å². The van der Waals surface area contributed by atoms with Crippen LogP contribution in [0.5, 0.6) is 0 Å². The molecule has 2 saturated heterocycles. The molecular formula is C13H18N2O4S2. The van der Waals surface area contributed by atoms with Crippen molar-refractivity contribution in [2.24, 2.45) is 0 Å². The maximum Gasteiger partial charge on any atom is 0.264 e. The fourth-order valence-corrected chi connectivity index (χ4v) is 5.51. The average molecular weight is 330 g/mol. The van der Waals surface area contributed by atoms with Crippen LogP contribution in [0.2, 0.25) is 0 Å². The standard InChI is InChI=1S/C13H18N2O4S2/c16-13(14-7-1-2-9-19-14)11-5-3-8-15(11)21(17,18)12-6-4-10-20-12/h4,6,10-11H,1-3,5,7-9H2/t11-/m0/s1. The number of amides is 1. The van der Waals surface area contributed by atoms with Gasteiger partial charge in [0.15, 0.2) is 0 Å². The van der Waals surface area contributed by atoms with E-state index in [1.54, 1.807) is 17.5 Å². The molecule has 0 aromatic carbocycles. The number of hydrogen-bond acceptors (Lipinski definition) is 5. The monoisotopic (exact) mass is 330 g/mol. The first-order chi connectivity index (χ1) is 10.1. The van der Waals surface area contributed by atoms with E-state index in [0.717, 1.165) is 12.8 Å². The van der Waals surface area contributed by atoms with Crippen LogP contribution in [0.1, 0.15) is 25.7 Å². The number of hydroxylamine groups is 2. The number of thiophene rings is 1. The topological polar surface area (TPSA) is 66.9 Å². The zero-order chi connectivity index (χ0) is 14.9. The predicted molar refractivity (Wildman–Crippen MR) is 78.1 cm³/mol. The van der Waals surface area contributed by atoms with Crippen LogP contribution in [-0.2, 0) is 19.7 Å². The summed E-state index contributed by atoms with van der Waals surface area (Å²) >= 11 is 1.18. The highest BCUT2D eigenvalue weighted by molar-refractivity contribution is 7.91. The molecule has 3 rings (SSSR count). The molecule has 0 saturated carbocycles. The van der Waals surface area contributed by atoms with Crippen molar-refractivity contribution in [3.8, 4) is 0 Å². The van der Waals surface area contributed by atoms with E-state index in [4.69, 9.17) is 4.84 Å². The normalized spacial score (nSPS) is 24.4. The van der Waals surface area contributed by atoms with E-state index in [0.29, 0.717) is 36.7 Å². The van der Waals surface area contributed by atoms with Gasteiger partial charge in [-0.2, -0.15) is 4.31 Å². The molecular weight excluding hydrogens is 312 g/mol. The van der Waals surface area contributed by atoms with Crippen molar-refractivity contribution < 1.29 is 18.0 Å². The lowest BCUT2D eigenvalue weighted by atomic mass is 10.2. The molecule has 8 heteroatoms. The molecule has 1 atom stereocenters. The summed E-state index contributed by atoms with van der Waals surface area (Å²) in [5, 5.41) is 3.07. The number of hydrogen-bond donors (Lipinski definition) is 0. The number of carbonyl (C=O) groups is 1. The minimum atomic E-state index is -3.58. The fourth-order valence-electron chi connectivity index (χ4n) is 2.74. The van der Waals surface area contributed by atoms with Crippen LogP contribution in [0.3, 0.4) is 0 Å². The smallest absolute Gasteiger partial charge is 0.264 e. The van der Waals surface area contributed by atoms with Crippen LogP contribution < -0.4 is 0 Å². The van der Waals surface area contributed by atoms with E-state index in [1.807, 2.05) is 0 Å². The Morgan fingerprint density at radius 1 is 1.29 bits per heavy atom. The van der Waals surface area contributed by atoms with Gasteiger partial charge < -0.3 is 0 Å². The minimum Gasteiger partial charge on any atom is -0.271 e. The second-order valence-electron chi connectivity index (χ2n) is 5.19. The highest BCUT2D eigenvalue weighted by Gasteiger charge is 2.42. The lowest BCUT2D eigenvalue weighted by Crippen LogP contribution is -2.48. The Labute approximate surface area is 128 Å². The van der Waals surface area contributed by atoms with Gasteiger partial charge in [-0.25, -0.2) is 13.5 Å². The summed E-state index contributed by atoms with van der Waals surface area (Å²) < 4.78 is 26.9. The molecule has 2 fully saturated rings. The van der Waals surface area contributed by atoms with E-state index in [2.05, 4.69) is 0 Å². The van der Waals surface area contributed by atoms with Gasteiger partial charge in [-0.05, 0) is 37.1 Å². The largest absolute Gasteiger partial charge is 0.271 e. The zero-order valence-electron chi connectivity index (χ0n) is 11.6. The van der Waals surface area contributed by atoms with Gasteiger partial charge in [-0.1, -0.05) is 6.07 Å². The molecule has 116 valence electrons. The van der Waals surface area contributed by atoms with Crippen LogP contribution in [0, 0.1) is 0 Å². The third-order valence-electron chi connectivity index (χ3n) is 3.80. The summed E-state index contributed by atoms with van der Waals surface area (Å²) in [7, 11) is -3.58. The molecule has 0 radical (unpaired) electrons. The number of rotatable bonds is 3. The Hall–Kier alpha value is -0.960. The molecule has 3 heterocycles. The fraction of sp³-hybridized carbons (Fsp3) is 0.615. The first kappa shape index (κ1) is 15.0. The van der Waals surface area contributed by atoms with Crippen LogP contribution in [0.15, 0.2) is 21.7 Å².